The van der Waals surface area contributed by atoms with E-state index in [4.69, 9.17) is 9.94 Å². The van der Waals surface area contributed by atoms with E-state index in [1.54, 1.807) is 0 Å². The molecule has 2 amide bonds. The van der Waals surface area contributed by atoms with Crippen LogP contribution in [0.3, 0.4) is 0 Å². The van der Waals surface area contributed by atoms with Gasteiger partial charge in [-0.1, -0.05) is 13.3 Å². The molecule has 1 atom stereocenters. The van der Waals surface area contributed by atoms with Gasteiger partial charge < -0.3 is 9.94 Å². The normalized spacial score (nSPS) is 17.4. The zero-order chi connectivity index (χ0) is 12.8. The predicted octanol–water partition coefficient (Wildman–Crippen LogP) is 0.392. The molecule has 1 aliphatic heterocycles. The van der Waals surface area contributed by atoms with Gasteiger partial charge in [0.05, 0.1) is 6.42 Å². The van der Waals surface area contributed by atoms with E-state index >= 15 is 0 Å². The first kappa shape index (κ1) is 13.6. The molecule has 0 aromatic carbocycles. The van der Waals surface area contributed by atoms with Crippen molar-refractivity contribution in [2.45, 2.75) is 39.0 Å². The zero-order valence-electron chi connectivity index (χ0n) is 9.85. The fourth-order valence-electron chi connectivity index (χ4n) is 1.67. The number of carbonyl (C=O) groups excluding carboxylic acids is 3. The van der Waals surface area contributed by atoms with Crippen LogP contribution in [0, 0.1) is 5.92 Å². The van der Waals surface area contributed by atoms with Gasteiger partial charge in [0.2, 0.25) is 0 Å². The molecule has 96 valence electrons. The van der Waals surface area contributed by atoms with Crippen molar-refractivity contribution >= 4 is 17.8 Å². The Balaban J connectivity index is 2.43. The first-order valence-electron chi connectivity index (χ1n) is 5.76. The fraction of sp³-hybridized carbons (Fsp3) is 0.727. The molecule has 1 fully saturated rings. The molecule has 0 bridgehead atoms. The lowest BCUT2D eigenvalue weighted by Gasteiger charge is -2.16. The van der Waals surface area contributed by atoms with Crippen LogP contribution in [-0.4, -0.2) is 34.6 Å². The van der Waals surface area contributed by atoms with Gasteiger partial charge in [-0.15, -0.1) is 5.06 Å². The van der Waals surface area contributed by atoms with Crippen LogP contribution in [0.15, 0.2) is 0 Å². The standard InChI is InChI=1S/C11H17NO5/c1-2-8(5-6-13)7-11(16)17-12-9(14)3-4-10(12)15/h8,13H,2-7H2,1H3. The van der Waals surface area contributed by atoms with Gasteiger partial charge in [0.1, 0.15) is 0 Å². The molecule has 1 N–H and O–H groups in total. The summed E-state index contributed by atoms with van der Waals surface area (Å²) in [7, 11) is 0. The van der Waals surface area contributed by atoms with Crippen molar-refractivity contribution in [1.29, 1.82) is 0 Å². The minimum Gasteiger partial charge on any atom is -0.396 e. The predicted molar refractivity (Wildman–Crippen MR) is 57.3 cm³/mol. The summed E-state index contributed by atoms with van der Waals surface area (Å²) in [5, 5.41) is 9.33. The van der Waals surface area contributed by atoms with Gasteiger partial charge in [0.25, 0.3) is 11.8 Å². The van der Waals surface area contributed by atoms with Gasteiger partial charge in [-0.25, -0.2) is 4.79 Å². The van der Waals surface area contributed by atoms with E-state index in [2.05, 4.69) is 0 Å². The fourth-order valence-corrected chi connectivity index (χ4v) is 1.67. The Morgan fingerprint density at radius 2 is 2.00 bits per heavy atom. The lowest BCUT2D eigenvalue weighted by molar-refractivity contribution is -0.198. The van der Waals surface area contributed by atoms with Crippen LogP contribution >= 0.6 is 0 Å². The summed E-state index contributed by atoms with van der Waals surface area (Å²) in [6.07, 6.45) is 1.54. The number of hydrogen-bond donors (Lipinski definition) is 1. The first-order chi connectivity index (χ1) is 8.08. The number of hydrogen-bond acceptors (Lipinski definition) is 5. The Labute approximate surface area is 99.5 Å². The van der Waals surface area contributed by atoms with Crippen LogP contribution in [0.2, 0.25) is 0 Å². The Bertz CT molecular complexity index is 299. The van der Waals surface area contributed by atoms with Crippen LogP contribution in [-0.2, 0) is 19.2 Å². The van der Waals surface area contributed by atoms with Crippen molar-refractivity contribution in [3.63, 3.8) is 0 Å². The molecule has 1 unspecified atom stereocenters. The molecule has 0 saturated carbocycles. The van der Waals surface area contributed by atoms with E-state index in [0.717, 1.165) is 6.42 Å². The molecule has 1 saturated heterocycles. The molecule has 6 heteroatoms. The quantitative estimate of drug-likeness (QED) is 0.682. The molecule has 0 aromatic heterocycles. The molecular formula is C11H17NO5. The second-order valence-corrected chi connectivity index (χ2v) is 4.04. The van der Waals surface area contributed by atoms with Gasteiger partial charge in [-0.05, 0) is 12.3 Å². The van der Waals surface area contributed by atoms with E-state index in [1.807, 2.05) is 6.92 Å². The largest absolute Gasteiger partial charge is 0.396 e. The highest BCUT2D eigenvalue weighted by Gasteiger charge is 2.33. The van der Waals surface area contributed by atoms with Crippen molar-refractivity contribution in [3.8, 4) is 0 Å². The number of aliphatic hydroxyl groups is 1. The molecule has 6 nitrogen and oxygen atoms in total. The number of aliphatic hydroxyl groups excluding tert-OH is 1. The van der Waals surface area contributed by atoms with E-state index in [0.29, 0.717) is 11.5 Å². The van der Waals surface area contributed by atoms with E-state index < -0.39 is 17.8 Å². The lowest BCUT2D eigenvalue weighted by atomic mass is 9.99. The summed E-state index contributed by atoms with van der Waals surface area (Å²) in [5.41, 5.74) is 0. The molecule has 0 aromatic rings. The third-order valence-electron chi connectivity index (χ3n) is 2.77. The molecule has 0 aliphatic carbocycles. The topological polar surface area (TPSA) is 83.9 Å². The van der Waals surface area contributed by atoms with Crippen LogP contribution in [0.1, 0.15) is 39.0 Å². The average molecular weight is 243 g/mol. The first-order valence-corrected chi connectivity index (χ1v) is 5.76. The second kappa shape index (κ2) is 6.34. The van der Waals surface area contributed by atoms with Crippen molar-refractivity contribution in [3.05, 3.63) is 0 Å². The summed E-state index contributed by atoms with van der Waals surface area (Å²) >= 11 is 0. The van der Waals surface area contributed by atoms with E-state index in [9.17, 15) is 14.4 Å². The zero-order valence-corrected chi connectivity index (χ0v) is 9.85. The Kier molecular flexibility index (Phi) is 5.09. The molecule has 17 heavy (non-hydrogen) atoms. The van der Waals surface area contributed by atoms with Gasteiger partial charge in [0.15, 0.2) is 0 Å². The molecular weight excluding hydrogens is 226 g/mol. The number of amides is 2. The van der Waals surface area contributed by atoms with Crippen molar-refractivity contribution in [1.82, 2.24) is 5.06 Å². The summed E-state index contributed by atoms with van der Waals surface area (Å²) in [6.45, 7) is 1.91. The number of carbonyl (C=O) groups is 3. The second-order valence-electron chi connectivity index (χ2n) is 4.04. The third-order valence-corrected chi connectivity index (χ3v) is 2.77. The molecule has 1 rings (SSSR count). The maximum Gasteiger partial charge on any atom is 0.333 e. The Hall–Kier alpha value is -1.43. The minimum atomic E-state index is -0.603. The van der Waals surface area contributed by atoms with Crippen molar-refractivity contribution < 1.29 is 24.3 Å². The van der Waals surface area contributed by atoms with Gasteiger partial charge in [0, 0.05) is 19.4 Å². The highest BCUT2D eigenvalue weighted by atomic mass is 16.7. The highest BCUT2D eigenvalue weighted by Crippen LogP contribution is 2.17. The van der Waals surface area contributed by atoms with E-state index in [1.165, 1.54) is 0 Å². The molecule has 1 heterocycles. The summed E-state index contributed by atoms with van der Waals surface area (Å²) in [5.74, 6) is -1.54. The maximum atomic E-state index is 11.5. The van der Waals surface area contributed by atoms with Crippen LogP contribution in [0.4, 0.5) is 0 Å². The van der Waals surface area contributed by atoms with Crippen LogP contribution in [0.5, 0.6) is 0 Å². The summed E-state index contributed by atoms with van der Waals surface area (Å²) in [6, 6.07) is 0. The Morgan fingerprint density at radius 3 is 2.47 bits per heavy atom. The van der Waals surface area contributed by atoms with Crippen molar-refractivity contribution in [2.24, 2.45) is 5.92 Å². The van der Waals surface area contributed by atoms with E-state index in [-0.39, 0.29) is 31.8 Å². The molecule has 1 aliphatic rings. The van der Waals surface area contributed by atoms with Gasteiger partial charge in [-0.3, -0.25) is 9.59 Å². The highest BCUT2D eigenvalue weighted by molar-refractivity contribution is 6.01. The number of nitrogens with zero attached hydrogens (tertiary/aromatic N) is 1. The molecule has 0 spiro atoms. The number of hydroxylamine groups is 2. The van der Waals surface area contributed by atoms with Gasteiger partial charge in [-0.2, -0.15) is 0 Å². The number of imide groups is 1. The average Bonchev–Trinajstić information content (AvgIpc) is 2.60. The Morgan fingerprint density at radius 1 is 1.41 bits per heavy atom. The summed E-state index contributed by atoms with van der Waals surface area (Å²) in [4.78, 5) is 38.6. The minimum absolute atomic E-state index is 0.00730. The lowest BCUT2D eigenvalue weighted by Crippen LogP contribution is -2.32. The van der Waals surface area contributed by atoms with Crippen LogP contribution < -0.4 is 0 Å². The smallest absolute Gasteiger partial charge is 0.333 e. The van der Waals surface area contributed by atoms with Crippen molar-refractivity contribution in [2.75, 3.05) is 6.61 Å². The summed E-state index contributed by atoms with van der Waals surface area (Å²) < 4.78 is 0. The number of rotatable bonds is 6. The van der Waals surface area contributed by atoms with Gasteiger partial charge >= 0.3 is 5.97 Å². The monoisotopic (exact) mass is 243 g/mol. The van der Waals surface area contributed by atoms with Crippen LogP contribution in [0.25, 0.3) is 0 Å². The third kappa shape index (κ3) is 3.81. The molecule has 0 radical (unpaired) electrons. The maximum absolute atomic E-state index is 11.5. The SMILES string of the molecule is CCC(CCO)CC(=O)ON1C(=O)CCC1=O.